The van der Waals surface area contributed by atoms with Crippen LogP contribution >= 0.6 is 0 Å². The van der Waals surface area contributed by atoms with Gasteiger partial charge in [0.1, 0.15) is 6.04 Å². The second-order valence-corrected chi connectivity index (χ2v) is 5.44. The molecule has 18 heavy (non-hydrogen) atoms. The normalized spacial score (nSPS) is 26.4. The molecule has 0 bridgehead atoms. The van der Waals surface area contributed by atoms with E-state index >= 15 is 0 Å². The molecular formula is C14H21NO3. The maximum atomic E-state index is 12.0. The van der Waals surface area contributed by atoms with E-state index < -0.39 is 12.0 Å². The van der Waals surface area contributed by atoms with Gasteiger partial charge in [-0.1, -0.05) is 32.4 Å². The van der Waals surface area contributed by atoms with Crippen LogP contribution in [0.2, 0.25) is 0 Å². The van der Waals surface area contributed by atoms with Crippen LogP contribution in [0.15, 0.2) is 12.2 Å². The predicted octanol–water partition coefficient (Wildman–Crippen LogP) is 2.05. The van der Waals surface area contributed by atoms with Gasteiger partial charge in [0.15, 0.2) is 0 Å². The van der Waals surface area contributed by atoms with Gasteiger partial charge in [-0.25, -0.2) is 4.79 Å². The minimum Gasteiger partial charge on any atom is -0.480 e. The molecule has 1 fully saturated rings. The number of carboxylic acids is 1. The first-order valence-electron chi connectivity index (χ1n) is 6.76. The van der Waals surface area contributed by atoms with E-state index in [2.05, 4.69) is 6.92 Å². The Balaban J connectivity index is 2.13. The number of aliphatic carboxylic acids is 1. The molecular weight excluding hydrogens is 230 g/mol. The topological polar surface area (TPSA) is 57.6 Å². The van der Waals surface area contributed by atoms with Gasteiger partial charge in [0.25, 0.3) is 0 Å². The lowest BCUT2D eigenvalue weighted by Gasteiger charge is -2.31. The SMILES string of the molecule is CCC[C@@H]1CC(=O)N([C@H](C(=O)O)C2(CC)C=C2)C1. The van der Waals surface area contributed by atoms with Crippen LogP contribution in [0.3, 0.4) is 0 Å². The number of carboxylic acid groups (broad SMARTS) is 1. The van der Waals surface area contributed by atoms with Crippen molar-refractivity contribution in [1.29, 1.82) is 0 Å². The van der Waals surface area contributed by atoms with Gasteiger partial charge < -0.3 is 10.0 Å². The van der Waals surface area contributed by atoms with Gasteiger partial charge in [-0.05, 0) is 18.8 Å². The number of hydrogen-bond donors (Lipinski definition) is 1. The molecule has 2 aliphatic rings. The zero-order valence-corrected chi connectivity index (χ0v) is 11.1. The van der Waals surface area contributed by atoms with Gasteiger partial charge in [-0.2, -0.15) is 0 Å². The van der Waals surface area contributed by atoms with E-state index in [1.54, 1.807) is 4.90 Å². The Kier molecular flexibility index (Phi) is 3.46. The van der Waals surface area contributed by atoms with E-state index in [4.69, 9.17) is 0 Å². The lowest BCUT2D eigenvalue weighted by molar-refractivity contribution is -0.151. The van der Waals surface area contributed by atoms with Crippen molar-refractivity contribution in [2.75, 3.05) is 6.54 Å². The van der Waals surface area contributed by atoms with Gasteiger partial charge >= 0.3 is 5.97 Å². The molecule has 1 aliphatic heterocycles. The fraction of sp³-hybridized carbons (Fsp3) is 0.714. The second-order valence-electron chi connectivity index (χ2n) is 5.44. The average Bonchev–Trinajstić information content (AvgIpc) is 3.01. The highest BCUT2D eigenvalue weighted by Gasteiger charge is 2.51. The molecule has 1 aliphatic carbocycles. The van der Waals surface area contributed by atoms with E-state index in [0.29, 0.717) is 18.9 Å². The Labute approximate surface area is 108 Å². The molecule has 4 heteroatoms. The molecule has 2 atom stereocenters. The summed E-state index contributed by atoms with van der Waals surface area (Å²) in [7, 11) is 0. The first-order chi connectivity index (χ1) is 8.54. The summed E-state index contributed by atoms with van der Waals surface area (Å²) in [4.78, 5) is 25.1. The van der Waals surface area contributed by atoms with Gasteiger partial charge in [-0.15, -0.1) is 0 Å². The fourth-order valence-electron chi connectivity index (χ4n) is 3.03. The van der Waals surface area contributed by atoms with Crippen molar-refractivity contribution in [3.63, 3.8) is 0 Å². The zero-order chi connectivity index (χ0) is 13.3. The number of likely N-dealkylation sites (tertiary alicyclic amines) is 1. The first kappa shape index (κ1) is 13.1. The molecule has 0 radical (unpaired) electrons. The minimum absolute atomic E-state index is 0.00220. The standard InChI is InChI=1S/C14H21NO3/c1-3-5-10-8-11(16)15(9-10)12(13(17)18)14(4-2)6-7-14/h6-7,10,12H,3-5,8-9H2,1-2H3,(H,17,18)/t10-,12-/m1/s1. The molecule has 0 unspecified atom stereocenters. The second kappa shape index (κ2) is 4.75. The van der Waals surface area contributed by atoms with E-state index in [1.807, 2.05) is 19.1 Å². The first-order valence-corrected chi connectivity index (χ1v) is 6.76. The number of rotatable bonds is 6. The summed E-state index contributed by atoms with van der Waals surface area (Å²) in [6.07, 6.45) is 7.14. The van der Waals surface area contributed by atoms with Crippen molar-refractivity contribution in [2.45, 2.75) is 45.6 Å². The van der Waals surface area contributed by atoms with Crippen LogP contribution < -0.4 is 0 Å². The minimum atomic E-state index is -0.882. The summed E-state index contributed by atoms with van der Waals surface area (Å²) in [5, 5.41) is 9.44. The van der Waals surface area contributed by atoms with Crippen LogP contribution in [-0.2, 0) is 9.59 Å². The molecule has 4 nitrogen and oxygen atoms in total. The Morgan fingerprint density at radius 1 is 1.56 bits per heavy atom. The largest absolute Gasteiger partial charge is 0.480 e. The Morgan fingerprint density at radius 2 is 2.22 bits per heavy atom. The Hall–Kier alpha value is -1.32. The molecule has 0 saturated carbocycles. The van der Waals surface area contributed by atoms with E-state index in [-0.39, 0.29) is 11.3 Å². The highest BCUT2D eigenvalue weighted by molar-refractivity contribution is 5.87. The monoisotopic (exact) mass is 251 g/mol. The number of amides is 1. The van der Waals surface area contributed by atoms with Crippen LogP contribution in [0.4, 0.5) is 0 Å². The summed E-state index contributed by atoms with van der Waals surface area (Å²) in [5.74, 6) is -0.549. The van der Waals surface area contributed by atoms with Crippen molar-refractivity contribution >= 4 is 11.9 Å². The van der Waals surface area contributed by atoms with Gasteiger partial charge in [0, 0.05) is 18.4 Å². The van der Waals surface area contributed by atoms with Crippen LogP contribution in [-0.4, -0.2) is 34.5 Å². The van der Waals surface area contributed by atoms with Gasteiger partial charge in [0.2, 0.25) is 5.91 Å². The summed E-state index contributed by atoms with van der Waals surface area (Å²) in [6, 6.07) is -0.697. The van der Waals surface area contributed by atoms with Gasteiger partial charge in [-0.3, -0.25) is 4.79 Å². The predicted molar refractivity (Wildman–Crippen MR) is 68.0 cm³/mol. The number of carbonyl (C=O) groups excluding carboxylic acids is 1. The zero-order valence-electron chi connectivity index (χ0n) is 11.1. The highest BCUT2D eigenvalue weighted by atomic mass is 16.4. The van der Waals surface area contributed by atoms with Crippen molar-refractivity contribution in [2.24, 2.45) is 11.3 Å². The third-order valence-corrected chi connectivity index (χ3v) is 4.20. The van der Waals surface area contributed by atoms with Crippen molar-refractivity contribution in [1.82, 2.24) is 4.90 Å². The third kappa shape index (κ3) is 2.16. The van der Waals surface area contributed by atoms with Crippen LogP contribution in [0.1, 0.15) is 39.5 Å². The molecule has 0 aromatic carbocycles. The smallest absolute Gasteiger partial charge is 0.327 e. The maximum Gasteiger partial charge on any atom is 0.327 e. The van der Waals surface area contributed by atoms with Crippen molar-refractivity contribution < 1.29 is 14.7 Å². The molecule has 100 valence electrons. The van der Waals surface area contributed by atoms with Gasteiger partial charge in [0.05, 0.1) is 0 Å². The summed E-state index contributed by atoms with van der Waals surface area (Å²) in [5.41, 5.74) is -0.386. The molecule has 0 spiro atoms. The summed E-state index contributed by atoms with van der Waals surface area (Å²) < 4.78 is 0. The lowest BCUT2D eigenvalue weighted by atomic mass is 9.89. The Morgan fingerprint density at radius 3 is 2.67 bits per heavy atom. The molecule has 1 N–H and O–H groups in total. The molecule has 1 saturated heterocycles. The van der Waals surface area contributed by atoms with Crippen LogP contribution in [0, 0.1) is 11.3 Å². The molecule has 1 heterocycles. The van der Waals surface area contributed by atoms with E-state index in [9.17, 15) is 14.7 Å². The maximum absolute atomic E-state index is 12.0. The number of hydrogen-bond acceptors (Lipinski definition) is 2. The molecule has 0 aromatic rings. The van der Waals surface area contributed by atoms with Crippen LogP contribution in [0.25, 0.3) is 0 Å². The van der Waals surface area contributed by atoms with Crippen molar-refractivity contribution in [3.8, 4) is 0 Å². The number of nitrogens with zero attached hydrogens (tertiary/aromatic N) is 1. The average molecular weight is 251 g/mol. The Bertz CT molecular complexity index is 383. The molecule has 1 amide bonds. The van der Waals surface area contributed by atoms with E-state index in [1.165, 1.54) is 0 Å². The highest BCUT2D eigenvalue weighted by Crippen LogP contribution is 2.45. The quantitative estimate of drug-likeness (QED) is 0.735. The third-order valence-electron chi connectivity index (χ3n) is 4.20. The van der Waals surface area contributed by atoms with Crippen LogP contribution in [0.5, 0.6) is 0 Å². The van der Waals surface area contributed by atoms with E-state index in [0.717, 1.165) is 19.3 Å². The fourth-order valence-corrected chi connectivity index (χ4v) is 3.03. The number of carbonyl (C=O) groups is 2. The lowest BCUT2D eigenvalue weighted by Crippen LogP contribution is -2.48. The molecule has 0 aromatic heterocycles. The summed E-state index contributed by atoms with van der Waals surface area (Å²) >= 11 is 0. The summed E-state index contributed by atoms with van der Waals surface area (Å²) in [6.45, 7) is 4.67. The molecule has 2 rings (SSSR count). The van der Waals surface area contributed by atoms with Crippen molar-refractivity contribution in [3.05, 3.63) is 12.2 Å².